The molecule has 1 aromatic rings. The van der Waals surface area contributed by atoms with Gasteiger partial charge in [-0.25, -0.2) is 4.39 Å². The first-order valence-corrected chi connectivity index (χ1v) is 9.36. The maximum absolute atomic E-state index is 13.2. The molecular weight excluding hydrogens is 313 g/mol. The van der Waals surface area contributed by atoms with Crippen LogP contribution < -0.4 is 5.32 Å². The van der Waals surface area contributed by atoms with Crippen molar-refractivity contribution in [2.45, 2.75) is 56.9 Å². The molecule has 3 rings (SSSR count). The average molecular weight is 340 g/mol. The van der Waals surface area contributed by atoms with Gasteiger partial charge >= 0.3 is 0 Å². The summed E-state index contributed by atoms with van der Waals surface area (Å²) < 4.78 is 18.6. The molecular formula is C19H27ClFNO. The summed E-state index contributed by atoms with van der Waals surface area (Å²) in [6.07, 6.45) is 8.43. The molecule has 0 aromatic heterocycles. The molecule has 1 N–H and O–H groups in total. The van der Waals surface area contributed by atoms with Crippen molar-refractivity contribution in [1.29, 1.82) is 0 Å². The van der Waals surface area contributed by atoms with Crippen molar-refractivity contribution in [2.24, 2.45) is 5.92 Å². The summed E-state index contributed by atoms with van der Waals surface area (Å²) in [6, 6.07) is 5.50. The molecule has 0 spiro atoms. The highest BCUT2D eigenvalue weighted by molar-refractivity contribution is 6.31. The number of hydrogen-bond acceptors (Lipinski definition) is 2. The van der Waals surface area contributed by atoms with Gasteiger partial charge < -0.3 is 10.1 Å². The first kappa shape index (κ1) is 17.2. The van der Waals surface area contributed by atoms with E-state index in [2.05, 4.69) is 5.32 Å². The Bertz CT molecular complexity index is 496. The molecule has 0 radical (unpaired) electrons. The first-order valence-electron chi connectivity index (χ1n) is 8.98. The van der Waals surface area contributed by atoms with Gasteiger partial charge in [-0.3, -0.25) is 0 Å². The number of nitrogens with one attached hydrogen (secondary N) is 1. The number of rotatable bonds is 5. The first-order chi connectivity index (χ1) is 11.2. The summed E-state index contributed by atoms with van der Waals surface area (Å²) in [7, 11) is 0. The summed E-state index contributed by atoms with van der Waals surface area (Å²) in [6.45, 7) is 2.93. The standard InChI is InChI=1S/C19H27ClFNO/c20-19-13-16(21)5-6-18(19)15-3-1-14(2-4-15)7-10-22-17-8-11-23-12-9-17/h5-6,13-15,17,22H,1-4,7-12H2/t14-,15-. The predicted octanol–water partition coefficient (Wildman–Crippen LogP) is 4.91. The van der Waals surface area contributed by atoms with E-state index in [9.17, 15) is 4.39 Å². The summed E-state index contributed by atoms with van der Waals surface area (Å²) >= 11 is 6.21. The average Bonchev–Trinajstić information content (AvgIpc) is 2.57. The second kappa shape index (κ2) is 8.46. The highest BCUT2D eigenvalue weighted by Crippen LogP contribution is 2.39. The Labute approximate surface area is 143 Å². The number of benzene rings is 1. The Morgan fingerprint density at radius 2 is 1.83 bits per heavy atom. The number of halogens is 2. The van der Waals surface area contributed by atoms with Crippen LogP contribution in [-0.4, -0.2) is 25.8 Å². The van der Waals surface area contributed by atoms with E-state index >= 15 is 0 Å². The quantitative estimate of drug-likeness (QED) is 0.822. The third-order valence-electron chi connectivity index (χ3n) is 5.46. The fourth-order valence-corrected chi connectivity index (χ4v) is 4.31. The van der Waals surface area contributed by atoms with E-state index in [4.69, 9.17) is 16.3 Å². The zero-order chi connectivity index (χ0) is 16.1. The van der Waals surface area contributed by atoms with Crippen LogP contribution in [0.25, 0.3) is 0 Å². The number of ether oxygens (including phenoxy) is 1. The molecule has 1 aliphatic carbocycles. The van der Waals surface area contributed by atoms with Gasteiger partial charge in [-0.15, -0.1) is 0 Å². The third-order valence-corrected chi connectivity index (χ3v) is 5.78. The van der Waals surface area contributed by atoms with E-state index < -0.39 is 0 Å². The summed E-state index contributed by atoms with van der Waals surface area (Å²) in [5.41, 5.74) is 1.13. The summed E-state index contributed by atoms with van der Waals surface area (Å²) in [5.74, 6) is 1.08. The minimum absolute atomic E-state index is 0.244. The molecule has 1 saturated carbocycles. The van der Waals surface area contributed by atoms with Gasteiger partial charge in [0.15, 0.2) is 0 Å². The van der Waals surface area contributed by atoms with Crippen LogP contribution in [0.5, 0.6) is 0 Å². The van der Waals surface area contributed by atoms with Gasteiger partial charge in [0.25, 0.3) is 0 Å². The molecule has 4 heteroatoms. The highest BCUT2D eigenvalue weighted by Gasteiger charge is 2.24. The van der Waals surface area contributed by atoms with Crippen molar-refractivity contribution in [2.75, 3.05) is 19.8 Å². The van der Waals surface area contributed by atoms with Gasteiger partial charge in [0.05, 0.1) is 0 Å². The van der Waals surface area contributed by atoms with Gasteiger partial charge in [-0.2, -0.15) is 0 Å². The van der Waals surface area contributed by atoms with Crippen LogP contribution in [0.15, 0.2) is 18.2 Å². The van der Waals surface area contributed by atoms with Gasteiger partial charge in [0.1, 0.15) is 5.82 Å². The second-order valence-electron chi connectivity index (χ2n) is 7.01. The largest absolute Gasteiger partial charge is 0.381 e. The maximum atomic E-state index is 13.2. The van der Waals surface area contributed by atoms with Crippen LogP contribution in [-0.2, 0) is 4.74 Å². The van der Waals surface area contributed by atoms with Crippen molar-refractivity contribution >= 4 is 11.6 Å². The van der Waals surface area contributed by atoms with Gasteiger partial charge in [-0.05, 0) is 81.0 Å². The third kappa shape index (κ3) is 4.91. The Morgan fingerprint density at radius 1 is 1.09 bits per heavy atom. The zero-order valence-corrected chi connectivity index (χ0v) is 14.5. The van der Waals surface area contributed by atoms with Crippen molar-refractivity contribution in [1.82, 2.24) is 5.32 Å². The molecule has 23 heavy (non-hydrogen) atoms. The van der Waals surface area contributed by atoms with E-state index in [-0.39, 0.29) is 5.82 Å². The van der Waals surface area contributed by atoms with E-state index in [1.807, 2.05) is 6.07 Å². The maximum Gasteiger partial charge on any atom is 0.124 e. The van der Waals surface area contributed by atoms with E-state index in [0.717, 1.165) is 44.1 Å². The molecule has 2 nitrogen and oxygen atoms in total. The van der Waals surface area contributed by atoms with Crippen LogP contribution >= 0.6 is 11.6 Å². The molecule has 1 aliphatic heterocycles. The van der Waals surface area contributed by atoms with Crippen molar-refractivity contribution in [3.8, 4) is 0 Å². The van der Waals surface area contributed by atoms with E-state index in [1.165, 1.54) is 44.2 Å². The Morgan fingerprint density at radius 3 is 2.52 bits per heavy atom. The molecule has 0 bridgehead atoms. The lowest BCUT2D eigenvalue weighted by Gasteiger charge is -2.30. The normalized spacial score (nSPS) is 26.3. The van der Waals surface area contributed by atoms with Gasteiger partial charge in [-0.1, -0.05) is 17.7 Å². The van der Waals surface area contributed by atoms with Crippen LogP contribution in [0.2, 0.25) is 5.02 Å². The summed E-state index contributed by atoms with van der Waals surface area (Å²) in [4.78, 5) is 0. The van der Waals surface area contributed by atoms with Crippen LogP contribution in [0.3, 0.4) is 0 Å². The van der Waals surface area contributed by atoms with Crippen molar-refractivity contribution in [3.05, 3.63) is 34.6 Å². The molecule has 128 valence electrons. The molecule has 0 amide bonds. The molecule has 2 aliphatic rings. The lowest BCUT2D eigenvalue weighted by atomic mass is 9.77. The second-order valence-corrected chi connectivity index (χ2v) is 7.42. The van der Waals surface area contributed by atoms with Crippen LogP contribution in [0.1, 0.15) is 56.4 Å². The number of hydrogen-bond donors (Lipinski definition) is 1. The zero-order valence-electron chi connectivity index (χ0n) is 13.7. The molecule has 1 saturated heterocycles. The minimum Gasteiger partial charge on any atom is -0.381 e. The summed E-state index contributed by atoms with van der Waals surface area (Å²) in [5, 5.41) is 4.28. The van der Waals surface area contributed by atoms with Gasteiger partial charge in [0.2, 0.25) is 0 Å². The van der Waals surface area contributed by atoms with E-state index in [1.54, 1.807) is 0 Å². The Hall–Kier alpha value is -0.640. The molecule has 1 heterocycles. The van der Waals surface area contributed by atoms with Crippen molar-refractivity contribution in [3.63, 3.8) is 0 Å². The van der Waals surface area contributed by atoms with Gasteiger partial charge in [0, 0.05) is 24.3 Å². The lowest BCUT2D eigenvalue weighted by molar-refractivity contribution is 0.0775. The highest BCUT2D eigenvalue weighted by atomic mass is 35.5. The van der Waals surface area contributed by atoms with Crippen molar-refractivity contribution < 1.29 is 9.13 Å². The molecule has 2 fully saturated rings. The fraction of sp³-hybridized carbons (Fsp3) is 0.684. The Kier molecular flexibility index (Phi) is 6.32. The Balaban J connectivity index is 1.39. The van der Waals surface area contributed by atoms with Crippen LogP contribution in [0.4, 0.5) is 4.39 Å². The van der Waals surface area contributed by atoms with Crippen LogP contribution in [0, 0.1) is 11.7 Å². The van der Waals surface area contributed by atoms with E-state index in [0.29, 0.717) is 17.0 Å². The fourth-order valence-electron chi connectivity index (χ4n) is 3.99. The predicted molar refractivity (Wildman–Crippen MR) is 92.6 cm³/mol. The minimum atomic E-state index is -0.244. The topological polar surface area (TPSA) is 21.3 Å². The SMILES string of the molecule is Fc1ccc([C@H]2CC[C@H](CCNC3CCOCC3)CC2)c(Cl)c1. The lowest BCUT2D eigenvalue weighted by Crippen LogP contribution is -2.36. The smallest absolute Gasteiger partial charge is 0.124 e. The molecule has 0 atom stereocenters. The monoisotopic (exact) mass is 339 g/mol. The molecule has 1 aromatic carbocycles. The molecule has 0 unspecified atom stereocenters.